The molecule has 0 radical (unpaired) electrons. The zero-order valence-electron chi connectivity index (χ0n) is 4.85. The average molecular weight is 188 g/mol. The van der Waals surface area contributed by atoms with Crippen LogP contribution >= 0.6 is 15.9 Å². The van der Waals surface area contributed by atoms with Crippen LogP contribution in [-0.4, -0.2) is 5.16 Å². The van der Waals surface area contributed by atoms with Crippen molar-refractivity contribution in [1.29, 1.82) is 0 Å². The van der Waals surface area contributed by atoms with Crippen molar-refractivity contribution >= 4 is 15.9 Å². The van der Waals surface area contributed by atoms with E-state index >= 15 is 0 Å². The van der Waals surface area contributed by atoms with Crippen LogP contribution in [-0.2, 0) is 12.8 Å². The molecule has 0 amide bonds. The molecule has 1 aromatic heterocycles. The molecule has 48 valence electrons. The highest BCUT2D eigenvalue weighted by Crippen LogP contribution is 2.27. The van der Waals surface area contributed by atoms with Crippen LogP contribution in [0.4, 0.5) is 0 Å². The lowest BCUT2D eigenvalue weighted by atomic mass is 10.3. The Bertz CT molecular complexity index is 231. The zero-order valence-corrected chi connectivity index (χ0v) is 6.44. The minimum atomic E-state index is 0.898. The second-order valence-corrected chi connectivity index (χ2v) is 2.98. The summed E-state index contributed by atoms with van der Waals surface area (Å²) in [6.45, 7) is 0. The maximum Gasteiger partial charge on any atom is 0.152 e. The Morgan fingerprint density at radius 3 is 3.11 bits per heavy atom. The topological polar surface area (TPSA) is 26.0 Å². The van der Waals surface area contributed by atoms with Gasteiger partial charge >= 0.3 is 0 Å². The maximum absolute atomic E-state index is 5.01. The van der Waals surface area contributed by atoms with Crippen LogP contribution in [0.1, 0.15) is 17.7 Å². The molecule has 2 rings (SSSR count). The number of aromatic nitrogens is 1. The Morgan fingerprint density at radius 1 is 1.44 bits per heavy atom. The fourth-order valence-corrected chi connectivity index (χ4v) is 1.68. The number of hydrogen-bond donors (Lipinski definition) is 0. The third kappa shape index (κ3) is 0.713. The largest absolute Gasteiger partial charge is 0.360 e. The van der Waals surface area contributed by atoms with Gasteiger partial charge in [-0.05, 0) is 28.8 Å². The summed E-state index contributed by atoms with van der Waals surface area (Å²) in [5, 5.41) is 3.78. The van der Waals surface area contributed by atoms with Gasteiger partial charge in [0.2, 0.25) is 0 Å². The SMILES string of the molecule is Brc1noc2c1CCC2. The summed E-state index contributed by atoms with van der Waals surface area (Å²) in [5.74, 6) is 1.07. The fraction of sp³-hybridized carbons (Fsp3) is 0.500. The number of rotatable bonds is 0. The predicted molar refractivity (Wildman–Crippen MR) is 36.2 cm³/mol. The Morgan fingerprint density at radius 2 is 2.33 bits per heavy atom. The van der Waals surface area contributed by atoms with E-state index in [2.05, 4.69) is 21.1 Å². The van der Waals surface area contributed by atoms with Gasteiger partial charge in [-0.25, -0.2) is 0 Å². The van der Waals surface area contributed by atoms with Gasteiger partial charge in [0.15, 0.2) is 4.60 Å². The van der Waals surface area contributed by atoms with E-state index in [-0.39, 0.29) is 0 Å². The Kier molecular flexibility index (Phi) is 1.12. The first-order valence-corrected chi connectivity index (χ1v) is 3.80. The maximum atomic E-state index is 5.01. The van der Waals surface area contributed by atoms with E-state index < -0.39 is 0 Å². The van der Waals surface area contributed by atoms with Gasteiger partial charge in [-0.3, -0.25) is 0 Å². The molecule has 1 aliphatic rings. The van der Waals surface area contributed by atoms with Crippen molar-refractivity contribution < 1.29 is 4.52 Å². The summed E-state index contributed by atoms with van der Waals surface area (Å²) < 4.78 is 5.91. The highest BCUT2D eigenvalue weighted by Gasteiger charge is 2.18. The number of halogens is 1. The summed E-state index contributed by atoms with van der Waals surface area (Å²) >= 11 is 3.31. The van der Waals surface area contributed by atoms with Crippen LogP contribution in [0.2, 0.25) is 0 Å². The molecular weight excluding hydrogens is 182 g/mol. The lowest BCUT2D eigenvalue weighted by Crippen LogP contribution is -1.73. The van der Waals surface area contributed by atoms with Crippen molar-refractivity contribution in [1.82, 2.24) is 5.16 Å². The van der Waals surface area contributed by atoms with Crippen LogP contribution < -0.4 is 0 Å². The number of nitrogens with zero attached hydrogens (tertiary/aromatic N) is 1. The van der Waals surface area contributed by atoms with E-state index in [0.29, 0.717) is 0 Å². The van der Waals surface area contributed by atoms with E-state index in [1.54, 1.807) is 0 Å². The summed E-state index contributed by atoms with van der Waals surface area (Å²) in [7, 11) is 0. The molecule has 0 bridgehead atoms. The molecule has 0 atom stereocenters. The number of hydrogen-bond acceptors (Lipinski definition) is 2. The predicted octanol–water partition coefficient (Wildman–Crippen LogP) is 1.93. The van der Waals surface area contributed by atoms with Gasteiger partial charge in [0.1, 0.15) is 5.76 Å². The Balaban J connectivity index is 2.56. The minimum Gasteiger partial charge on any atom is -0.360 e. The first-order chi connectivity index (χ1) is 4.38. The van der Waals surface area contributed by atoms with E-state index in [1.807, 2.05) is 0 Å². The van der Waals surface area contributed by atoms with Crippen molar-refractivity contribution in [3.63, 3.8) is 0 Å². The van der Waals surface area contributed by atoms with Crippen molar-refractivity contribution in [2.75, 3.05) is 0 Å². The highest BCUT2D eigenvalue weighted by molar-refractivity contribution is 9.10. The molecule has 1 aliphatic carbocycles. The lowest BCUT2D eigenvalue weighted by molar-refractivity contribution is 0.382. The summed E-state index contributed by atoms with van der Waals surface area (Å²) in [5.41, 5.74) is 1.27. The number of aryl methyl sites for hydroxylation is 1. The van der Waals surface area contributed by atoms with Crippen molar-refractivity contribution in [2.45, 2.75) is 19.3 Å². The highest BCUT2D eigenvalue weighted by atomic mass is 79.9. The van der Waals surface area contributed by atoms with E-state index in [4.69, 9.17) is 4.52 Å². The third-order valence-corrected chi connectivity index (χ3v) is 2.28. The Hall–Kier alpha value is -0.310. The van der Waals surface area contributed by atoms with E-state index in [1.165, 1.54) is 12.0 Å². The molecular formula is C6H6BrNO. The average Bonchev–Trinajstić information content (AvgIpc) is 2.35. The summed E-state index contributed by atoms with van der Waals surface area (Å²) in [6.07, 6.45) is 3.41. The molecule has 0 unspecified atom stereocenters. The number of fused-ring (bicyclic) bond motifs is 1. The Labute approximate surface area is 61.4 Å². The van der Waals surface area contributed by atoms with Crippen LogP contribution in [0.25, 0.3) is 0 Å². The first kappa shape index (κ1) is 5.47. The minimum absolute atomic E-state index is 0.898. The van der Waals surface area contributed by atoms with Crippen LogP contribution in [0, 0.1) is 0 Å². The zero-order chi connectivity index (χ0) is 6.27. The standard InChI is InChI=1S/C6H6BrNO/c7-6-4-2-1-3-5(4)9-8-6/h1-3H2. The molecule has 1 aromatic rings. The molecule has 0 saturated heterocycles. The molecule has 0 spiro atoms. The van der Waals surface area contributed by atoms with Gasteiger partial charge in [-0.1, -0.05) is 5.16 Å². The van der Waals surface area contributed by atoms with Crippen LogP contribution in [0.5, 0.6) is 0 Å². The van der Waals surface area contributed by atoms with Crippen molar-refractivity contribution in [3.05, 3.63) is 15.9 Å². The van der Waals surface area contributed by atoms with Crippen molar-refractivity contribution in [2.24, 2.45) is 0 Å². The summed E-state index contributed by atoms with van der Waals surface area (Å²) in [4.78, 5) is 0. The second kappa shape index (κ2) is 1.84. The fourth-order valence-electron chi connectivity index (χ4n) is 1.19. The molecule has 3 heteroatoms. The van der Waals surface area contributed by atoms with E-state index in [0.717, 1.165) is 23.2 Å². The molecule has 0 N–H and O–H groups in total. The molecule has 2 nitrogen and oxygen atoms in total. The molecule has 0 aliphatic heterocycles. The third-order valence-electron chi connectivity index (χ3n) is 1.65. The first-order valence-electron chi connectivity index (χ1n) is 3.01. The molecule has 1 heterocycles. The summed E-state index contributed by atoms with van der Waals surface area (Å²) in [6, 6.07) is 0. The van der Waals surface area contributed by atoms with Gasteiger partial charge in [-0.2, -0.15) is 0 Å². The second-order valence-electron chi connectivity index (χ2n) is 2.23. The molecule has 0 aromatic carbocycles. The van der Waals surface area contributed by atoms with Gasteiger partial charge in [0.05, 0.1) is 0 Å². The molecule has 0 saturated carbocycles. The normalized spacial score (nSPS) is 16.1. The lowest BCUT2D eigenvalue weighted by Gasteiger charge is -1.80. The quantitative estimate of drug-likeness (QED) is 0.621. The van der Waals surface area contributed by atoms with Crippen LogP contribution in [0.15, 0.2) is 9.13 Å². The smallest absolute Gasteiger partial charge is 0.152 e. The van der Waals surface area contributed by atoms with Gasteiger partial charge in [-0.15, -0.1) is 0 Å². The van der Waals surface area contributed by atoms with Gasteiger partial charge < -0.3 is 4.52 Å². The van der Waals surface area contributed by atoms with Gasteiger partial charge in [0.25, 0.3) is 0 Å². The van der Waals surface area contributed by atoms with Crippen LogP contribution in [0.3, 0.4) is 0 Å². The molecule has 0 fully saturated rings. The monoisotopic (exact) mass is 187 g/mol. The van der Waals surface area contributed by atoms with Gasteiger partial charge in [0, 0.05) is 12.0 Å². The molecule has 9 heavy (non-hydrogen) atoms. The van der Waals surface area contributed by atoms with E-state index in [9.17, 15) is 0 Å². The van der Waals surface area contributed by atoms with Crippen molar-refractivity contribution in [3.8, 4) is 0 Å².